The number of nitrogens with zero attached hydrogens (tertiary/aromatic N) is 2. The molecule has 0 radical (unpaired) electrons. The molecule has 0 fully saturated rings. The molecule has 0 unspecified atom stereocenters. The van der Waals surface area contributed by atoms with Gasteiger partial charge in [-0.05, 0) is 43.5 Å². The quantitative estimate of drug-likeness (QED) is 0.691. The number of benzene rings is 1. The fraction of sp³-hybridized carbons (Fsp3) is 0.263. The first-order valence-electron chi connectivity index (χ1n) is 7.92. The second-order valence-electron chi connectivity index (χ2n) is 5.62. The Morgan fingerprint density at radius 1 is 1.04 bits per heavy atom. The first kappa shape index (κ1) is 15.7. The van der Waals surface area contributed by atoms with Crippen LogP contribution in [-0.4, -0.2) is 16.5 Å². The summed E-state index contributed by atoms with van der Waals surface area (Å²) in [7, 11) is 0. The van der Waals surface area contributed by atoms with Crippen molar-refractivity contribution in [3.05, 3.63) is 53.9 Å². The Morgan fingerprint density at radius 2 is 1.83 bits per heavy atom. The SMILES string of the molecule is CCCNc1ncc(-c2cccnc2-c2c(C)cccc2C)s1. The van der Waals surface area contributed by atoms with Crippen LogP contribution in [0.3, 0.4) is 0 Å². The summed E-state index contributed by atoms with van der Waals surface area (Å²) in [5.41, 5.74) is 5.90. The zero-order valence-corrected chi connectivity index (χ0v) is 14.6. The Kier molecular flexibility index (Phi) is 4.72. The van der Waals surface area contributed by atoms with E-state index in [0.29, 0.717) is 0 Å². The van der Waals surface area contributed by atoms with Gasteiger partial charge in [0.15, 0.2) is 5.13 Å². The third-order valence-corrected chi connectivity index (χ3v) is 4.81. The summed E-state index contributed by atoms with van der Waals surface area (Å²) < 4.78 is 0. The molecule has 1 N–H and O–H groups in total. The van der Waals surface area contributed by atoms with E-state index in [-0.39, 0.29) is 0 Å². The van der Waals surface area contributed by atoms with Crippen LogP contribution in [0.15, 0.2) is 42.7 Å². The molecule has 118 valence electrons. The fourth-order valence-electron chi connectivity index (χ4n) is 2.70. The van der Waals surface area contributed by atoms with Crippen molar-refractivity contribution in [1.82, 2.24) is 9.97 Å². The van der Waals surface area contributed by atoms with E-state index in [1.165, 1.54) is 16.7 Å². The van der Waals surface area contributed by atoms with Gasteiger partial charge in [-0.3, -0.25) is 4.98 Å². The van der Waals surface area contributed by atoms with Crippen LogP contribution in [-0.2, 0) is 0 Å². The number of aromatic nitrogens is 2. The van der Waals surface area contributed by atoms with Crippen LogP contribution in [0.25, 0.3) is 21.7 Å². The van der Waals surface area contributed by atoms with Crippen molar-refractivity contribution < 1.29 is 0 Å². The normalized spacial score (nSPS) is 10.7. The molecule has 0 saturated heterocycles. The van der Waals surface area contributed by atoms with Crippen molar-refractivity contribution in [3.8, 4) is 21.7 Å². The molecule has 2 aromatic heterocycles. The first-order valence-corrected chi connectivity index (χ1v) is 8.74. The van der Waals surface area contributed by atoms with E-state index < -0.39 is 0 Å². The summed E-state index contributed by atoms with van der Waals surface area (Å²) >= 11 is 1.68. The maximum absolute atomic E-state index is 4.68. The van der Waals surface area contributed by atoms with Crippen molar-refractivity contribution in [2.75, 3.05) is 11.9 Å². The van der Waals surface area contributed by atoms with Crippen LogP contribution in [0.4, 0.5) is 5.13 Å². The third kappa shape index (κ3) is 3.27. The Bertz CT molecular complexity index is 788. The van der Waals surface area contributed by atoms with Gasteiger partial charge in [-0.2, -0.15) is 0 Å². The molecular formula is C19H21N3S. The van der Waals surface area contributed by atoms with Gasteiger partial charge in [0.1, 0.15) is 0 Å². The summed E-state index contributed by atoms with van der Waals surface area (Å²) in [5, 5.41) is 4.32. The highest BCUT2D eigenvalue weighted by Crippen LogP contribution is 2.37. The number of nitrogens with one attached hydrogen (secondary N) is 1. The van der Waals surface area contributed by atoms with Gasteiger partial charge in [0, 0.05) is 30.1 Å². The average Bonchev–Trinajstić information content (AvgIpc) is 3.02. The van der Waals surface area contributed by atoms with Crippen molar-refractivity contribution in [2.45, 2.75) is 27.2 Å². The van der Waals surface area contributed by atoms with Crippen molar-refractivity contribution >= 4 is 16.5 Å². The number of anilines is 1. The van der Waals surface area contributed by atoms with E-state index in [4.69, 9.17) is 0 Å². The highest BCUT2D eigenvalue weighted by atomic mass is 32.1. The minimum absolute atomic E-state index is 0.948. The zero-order valence-electron chi connectivity index (χ0n) is 13.8. The van der Waals surface area contributed by atoms with Crippen LogP contribution in [0, 0.1) is 13.8 Å². The second-order valence-corrected chi connectivity index (χ2v) is 6.65. The van der Waals surface area contributed by atoms with Crippen molar-refractivity contribution in [1.29, 1.82) is 0 Å². The van der Waals surface area contributed by atoms with Gasteiger partial charge in [0.25, 0.3) is 0 Å². The molecular weight excluding hydrogens is 302 g/mol. The summed E-state index contributed by atoms with van der Waals surface area (Å²) in [4.78, 5) is 10.3. The van der Waals surface area contributed by atoms with Gasteiger partial charge in [0.2, 0.25) is 0 Å². The molecule has 3 rings (SSSR count). The van der Waals surface area contributed by atoms with Crippen LogP contribution in [0.2, 0.25) is 0 Å². The lowest BCUT2D eigenvalue weighted by molar-refractivity contribution is 0.976. The molecule has 0 aliphatic heterocycles. The van der Waals surface area contributed by atoms with E-state index in [1.54, 1.807) is 11.3 Å². The second kappa shape index (κ2) is 6.92. The van der Waals surface area contributed by atoms with Crippen LogP contribution < -0.4 is 5.32 Å². The van der Waals surface area contributed by atoms with Crippen LogP contribution in [0.1, 0.15) is 24.5 Å². The number of hydrogen-bond donors (Lipinski definition) is 1. The molecule has 0 spiro atoms. The van der Waals surface area contributed by atoms with Gasteiger partial charge in [-0.25, -0.2) is 4.98 Å². The molecule has 3 nitrogen and oxygen atoms in total. The number of pyridine rings is 1. The highest BCUT2D eigenvalue weighted by Gasteiger charge is 2.14. The molecule has 3 aromatic rings. The van der Waals surface area contributed by atoms with Crippen LogP contribution in [0.5, 0.6) is 0 Å². The van der Waals surface area contributed by atoms with E-state index in [9.17, 15) is 0 Å². The summed E-state index contributed by atoms with van der Waals surface area (Å²) in [6.07, 6.45) is 4.90. The minimum atomic E-state index is 0.948. The predicted molar refractivity (Wildman–Crippen MR) is 99.0 cm³/mol. The Hall–Kier alpha value is -2.20. The van der Waals surface area contributed by atoms with E-state index in [1.807, 2.05) is 18.5 Å². The topological polar surface area (TPSA) is 37.8 Å². The molecule has 0 saturated carbocycles. The molecule has 23 heavy (non-hydrogen) atoms. The number of hydrogen-bond acceptors (Lipinski definition) is 4. The third-order valence-electron chi connectivity index (χ3n) is 3.82. The number of thiazole rings is 1. The molecule has 0 amide bonds. The van der Waals surface area contributed by atoms with Gasteiger partial charge in [-0.15, -0.1) is 0 Å². The Labute approximate surface area is 141 Å². The molecule has 0 atom stereocenters. The monoisotopic (exact) mass is 323 g/mol. The highest BCUT2D eigenvalue weighted by molar-refractivity contribution is 7.18. The lowest BCUT2D eigenvalue weighted by atomic mass is 9.96. The lowest BCUT2D eigenvalue weighted by Gasteiger charge is -2.12. The minimum Gasteiger partial charge on any atom is -0.362 e. The summed E-state index contributed by atoms with van der Waals surface area (Å²) in [5.74, 6) is 0. The molecule has 0 bridgehead atoms. The fourth-order valence-corrected chi connectivity index (χ4v) is 3.57. The largest absolute Gasteiger partial charge is 0.362 e. The lowest BCUT2D eigenvalue weighted by Crippen LogP contribution is -1.97. The maximum Gasteiger partial charge on any atom is 0.183 e. The average molecular weight is 323 g/mol. The standard InChI is InChI=1S/C19H21N3S/c1-4-10-21-19-22-12-16(23-19)15-9-6-11-20-18(15)17-13(2)7-5-8-14(17)3/h5-9,11-12H,4,10H2,1-3H3,(H,21,22). The zero-order chi connectivity index (χ0) is 16.2. The van der Waals surface area contributed by atoms with E-state index in [0.717, 1.165) is 34.2 Å². The first-order chi connectivity index (χ1) is 11.2. The van der Waals surface area contributed by atoms with E-state index in [2.05, 4.69) is 60.3 Å². The summed E-state index contributed by atoms with van der Waals surface area (Å²) in [6.45, 7) is 7.38. The maximum atomic E-state index is 4.68. The Balaban J connectivity index is 2.06. The molecule has 2 heterocycles. The molecule has 4 heteroatoms. The van der Waals surface area contributed by atoms with E-state index >= 15 is 0 Å². The van der Waals surface area contributed by atoms with Gasteiger partial charge >= 0.3 is 0 Å². The van der Waals surface area contributed by atoms with Crippen LogP contribution >= 0.6 is 11.3 Å². The smallest absolute Gasteiger partial charge is 0.183 e. The number of rotatable bonds is 5. The van der Waals surface area contributed by atoms with Crippen molar-refractivity contribution in [3.63, 3.8) is 0 Å². The molecule has 0 aliphatic rings. The predicted octanol–water partition coefficient (Wildman–Crippen LogP) is 5.31. The Morgan fingerprint density at radius 3 is 2.57 bits per heavy atom. The van der Waals surface area contributed by atoms with Gasteiger partial charge in [0.05, 0.1) is 10.6 Å². The summed E-state index contributed by atoms with van der Waals surface area (Å²) in [6, 6.07) is 10.5. The molecule has 0 aliphatic carbocycles. The van der Waals surface area contributed by atoms with Crippen molar-refractivity contribution in [2.24, 2.45) is 0 Å². The van der Waals surface area contributed by atoms with Gasteiger partial charge in [-0.1, -0.05) is 36.5 Å². The number of aryl methyl sites for hydroxylation is 2. The molecule has 1 aromatic carbocycles. The van der Waals surface area contributed by atoms with Gasteiger partial charge < -0.3 is 5.32 Å².